The Balaban J connectivity index is 2.06. The molecule has 1 aromatic heterocycles. The van der Waals surface area contributed by atoms with Crippen molar-refractivity contribution < 1.29 is 23.8 Å². The molecular formula is C17H21FN2O4. The second kappa shape index (κ2) is 7.00. The molecule has 7 heteroatoms. The quantitative estimate of drug-likeness (QED) is 0.756. The van der Waals surface area contributed by atoms with E-state index in [4.69, 9.17) is 4.74 Å². The van der Waals surface area contributed by atoms with Crippen LogP contribution in [0.2, 0.25) is 0 Å². The molecule has 2 rings (SSSR count). The minimum Gasteiger partial charge on any atom is -0.480 e. The third-order valence-corrected chi connectivity index (χ3v) is 3.40. The molecule has 1 atom stereocenters. The molecule has 1 amide bonds. The van der Waals surface area contributed by atoms with Crippen molar-refractivity contribution in [2.45, 2.75) is 38.8 Å². The van der Waals surface area contributed by atoms with Crippen LogP contribution in [0.25, 0.3) is 10.9 Å². The first-order valence-corrected chi connectivity index (χ1v) is 7.62. The van der Waals surface area contributed by atoms with E-state index in [1.807, 2.05) is 20.8 Å². The maximum absolute atomic E-state index is 13.7. The fourth-order valence-corrected chi connectivity index (χ4v) is 2.22. The Morgan fingerprint density at radius 1 is 1.38 bits per heavy atom. The van der Waals surface area contributed by atoms with Crippen molar-refractivity contribution in [3.8, 4) is 0 Å². The number of benzene rings is 1. The van der Waals surface area contributed by atoms with E-state index >= 15 is 0 Å². The van der Waals surface area contributed by atoms with E-state index < -0.39 is 23.7 Å². The van der Waals surface area contributed by atoms with Crippen molar-refractivity contribution in [3.05, 3.63) is 35.8 Å². The van der Waals surface area contributed by atoms with E-state index in [1.54, 1.807) is 6.07 Å². The van der Waals surface area contributed by atoms with Gasteiger partial charge in [-0.3, -0.25) is 4.79 Å². The van der Waals surface area contributed by atoms with Gasteiger partial charge in [-0.2, -0.15) is 0 Å². The second-order valence-corrected chi connectivity index (χ2v) is 6.50. The van der Waals surface area contributed by atoms with Crippen LogP contribution in [0.1, 0.15) is 37.7 Å². The van der Waals surface area contributed by atoms with Gasteiger partial charge in [0, 0.05) is 23.9 Å². The molecule has 0 fully saturated rings. The van der Waals surface area contributed by atoms with Gasteiger partial charge in [0.1, 0.15) is 17.6 Å². The van der Waals surface area contributed by atoms with Gasteiger partial charge in [0.2, 0.25) is 0 Å². The molecule has 0 saturated heterocycles. The number of H-pyrrole nitrogens is 1. The highest BCUT2D eigenvalue weighted by Crippen LogP contribution is 2.18. The molecule has 1 aromatic carbocycles. The Kier molecular flexibility index (Phi) is 5.23. The number of hydrogen-bond acceptors (Lipinski definition) is 3. The molecule has 0 saturated carbocycles. The van der Waals surface area contributed by atoms with Crippen molar-refractivity contribution in [2.75, 3.05) is 6.61 Å². The lowest BCUT2D eigenvalue weighted by atomic mass is 10.1. The number of aliphatic carboxylic acids is 1. The Hall–Kier alpha value is -2.41. The van der Waals surface area contributed by atoms with Gasteiger partial charge in [-0.05, 0) is 39.0 Å². The van der Waals surface area contributed by atoms with Crippen molar-refractivity contribution in [1.82, 2.24) is 10.3 Å². The van der Waals surface area contributed by atoms with Crippen LogP contribution in [0, 0.1) is 5.82 Å². The average Bonchev–Trinajstić information content (AvgIpc) is 2.90. The number of carboxylic acids is 1. The largest absolute Gasteiger partial charge is 0.480 e. The summed E-state index contributed by atoms with van der Waals surface area (Å²) in [5, 5.41) is 12.0. The highest BCUT2D eigenvalue weighted by Gasteiger charge is 2.23. The summed E-state index contributed by atoms with van der Waals surface area (Å²) in [5.74, 6) is -2.20. The molecule has 0 aliphatic rings. The molecule has 130 valence electrons. The number of aromatic amines is 1. The van der Waals surface area contributed by atoms with Crippen LogP contribution < -0.4 is 5.32 Å². The normalized spacial score (nSPS) is 13.0. The molecule has 2 aromatic rings. The summed E-state index contributed by atoms with van der Waals surface area (Å²) in [6, 6.07) is 4.74. The number of rotatable bonds is 6. The Bertz CT molecular complexity index is 749. The highest BCUT2D eigenvalue weighted by molar-refractivity contribution is 5.99. The standard InChI is InChI=1S/C17H21FN2O4/c1-17(2,3)24-8-7-13(16(22)23)20-15(21)14-9-10-11(18)5-4-6-12(10)19-14/h4-6,9,13,19H,7-8H2,1-3H3,(H,20,21)(H,22,23). The smallest absolute Gasteiger partial charge is 0.326 e. The summed E-state index contributed by atoms with van der Waals surface area (Å²) >= 11 is 0. The third-order valence-electron chi connectivity index (χ3n) is 3.40. The number of nitrogens with one attached hydrogen (secondary N) is 2. The number of halogens is 1. The van der Waals surface area contributed by atoms with Gasteiger partial charge < -0.3 is 20.1 Å². The summed E-state index contributed by atoms with van der Waals surface area (Å²) in [6.07, 6.45) is 0.132. The first-order chi connectivity index (χ1) is 11.2. The number of fused-ring (bicyclic) bond motifs is 1. The SMILES string of the molecule is CC(C)(C)OCCC(NC(=O)c1cc2c(F)cccc2[nH]1)C(=O)O. The molecule has 24 heavy (non-hydrogen) atoms. The molecule has 0 spiro atoms. The third kappa shape index (κ3) is 4.55. The average molecular weight is 336 g/mol. The van der Waals surface area contributed by atoms with Gasteiger partial charge in [-0.25, -0.2) is 9.18 Å². The Morgan fingerprint density at radius 3 is 2.67 bits per heavy atom. The number of carbonyl (C=O) groups excluding carboxylic acids is 1. The maximum Gasteiger partial charge on any atom is 0.326 e. The highest BCUT2D eigenvalue weighted by atomic mass is 19.1. The number of aromatic nitrogens is 1. The second-order valence-electron chi connectivity index (χ2n) is 6.50. The van der Waals surface area contributed by atoms with Crippen LogP contribution >= 0.6 is 0 Å². The zero-order valence-electron chi connectivity index (χ0n) is 13.9. The fourth-order valence-electron chi connectivity index (χ4n) is 2.22. The lowest BCUT2D eigenvalue weighted by Gasteiger charge is -2.21. The molecule has 3 N–H and O–H groups in total. The molecule has 0 aliphatic heterocycles. The van der Waals surface area contributed by atoms with E-state index in [0.717, 1.165) is 0 Å². The Morgan fingerprint density at radius 2 is 2.08 bits per heavy atom. The zero-order chi connectivity index (χ0) is 17.9. The summed E-state index contributed by atoms with van der Waals surface area (Å²) < 4.78 is 19.2. The van der Waals surface area contributed by atoms with E-state index in [2.05, 4.69) is 10.3 Å². The number of hydrogen-bond donors (Lipinski definition) is 3. The fraction of sp³-hybridized carbons (Fsp3) is 0.412. The van der Waals surface area contributed by atoms with Crippen LogP contribution in [0.3, 0.4) is 0 Å². The van der Waals surface area contributed by atoms with Crippen molar-refractivity contribution in [2.24, 2.45) is 0 Å². The molecule has 0 bridgehead atoms. The first-order valence-electron chi connectivity index (χ1n) is 7.62. The van der Waals surface area contributed by atoms with Gasteiger partial charge in [0.05, 0.1) is 5.60 Å². The van der Waals surface area contributed by atoms with Crippen molar-refractivity contribution in [1.29, 1.82) is 0 Å². The number of carboxylic acid groups (broad SMARTS) is 1. The van der Waals surface area contributed by atoms with E-state index in [1.165, 1.54) is 18.2 Å². The summed E-state index contributed by atoms with van der Waals surface area (Å²) in [5.41, 5.74) is 0.197. The van der Waals surface area contributed by atoms with Crippen LogP contribution in [0.4, 0.5) is 4.39 Å². The zero-order valence-corrected chi connectivity index (χ0v) is 13.9. The van der Waals surface area contributed by atoms with E-state index in [0.29, 0.717) is 5.52 Å². The number of ether oxygens (including phenoxy) is 1. The van der Waals surface area contributed by atoms with Crippen molar-refractivity contribution in [3.63, 3.8) is 0 Å². The minimum atomic E-state index is -1.15. The van der Waals surface area contributed by atoms with Gasteiger partial charge in [0.25, 0.3) is 5.91 Å². The van der Waals surface area contributed by atoms with Crippen LogP contribution in [-0.4, -0.2) is 40.2 Å². The molecule has 0 aliphatic carbocycles. The van der Waals surface area contributed by atoms with Gasteiger partial charge in [-0.1, -0.05) is 6.07 Å². The van der Waals surface area contributed by atoms with Gasteiger partial charge >= 0.3 is 5.97 Å². The topological polar surface area (TPSA) is 91.4 Å². The minimum absolute atomic E-state index is 0.109. The van der Waals surface area contributed by atoms with Crippen LogP contribution in [0.15, 0.2) is 24.3 Å². The Labute approximate surface area is 139 Å². The monoisotopic (exact) mass is 336 g/mol. The number of carbonyl (C=O) groups is 2. The number of amides is 1. The maximum atomic E-state index is 13.7. The van der Waals surface area contributed by atoms with Crippen molar-refractivity contribution >= 4 is 22.8 Å². The van der Waals surface area contributed by atoms with E-state index in [-0.39, 0.29) is 29.7 Å². The summed E-state index contributed by atoms with van der Waals surface area (Å²) in [4.78, 5) is 26.3. The van der Waals surface area contributed by atoms with E-state index in [9.17, 15) is 19.1 Å². The molecule has 1 heterocycles. The molecule has 6 nitrogen and oxygen atoms in total. The molecule has 1 unspecified atom stereocenters. The molecular weight excluding hydrogens is 315 g/mol. The van der Waals surface area contributed by atoms with Crippen LogP contribution in [-0.2, 0) is 9.53 Å². The van der Waals surface area contributed by atoms with Gasteiger partial charge in [0.15, 0.2) is 0 Å². The lowest BCUT2D eigenvalue weighted by Crippen LogP contribution is -2.42. The summed E-state index contributed by atoms with van der Waals surface area (Å²) in [7, 11) is 0. The van der Waals surface area contributed by atoms with Crippen LogP contribution in [0.5, 0.6) is 0 Å². The predicted octanol–water partition coefficient (Wildman–Crippen LogP) is 2.70. The molecule has 0 radical (unpaired) electrons. The summed E-state index contributed by atoms with van der Waals surface area (Å²) in [6.45, 7) is 5.78. The first kappa shape index (κ1) is 17.9. The van der Waals surface area contributed by atoms with Gasteiger partial charge in [-0.15, -0.1) is 0 Å². The lowest BCUT2D eigenvalue weighted by molar-refractivity contribution is -0.140. The predicted molar refractivity (Wildman–Crippen MR) is 87.5 cm³/mol.